The minimum absolute atomic E-state index is 0.00346. The third-order valence-corrected chi connectivity index (χ3v) is 4.20. The molecule has 0 aromatic rings. The molecule has 0 saturated carbocycles. The van der Waals surface area contributed by atoms with Crippen LogP contribution in [0.5, 0.6) is 0 Å². The first-order valence-electron chi connectivity index (χ1n) is 14.7. The van der Waals surface area contributed by atoms with Crippen molar-refractivity contribution in [2.45, 2.75) is 118 Å². The zero-order valence-electron chi connectivity index (χ0n) is 29.2. The first-order valence-corrected chi connectivity index (χ1v) is 14.7. The maximum atomic E-state index is 11.7. The van der Waals surface area contributed by atoms with Crippen molar-refractivity contribution in [1.82, 2.24) is 10.2 Å². The zero-order chi connectivity index (χ0) is 35.6. The highest BCUT2D eigenvalue weighted by atomic mass is 16.7. The number of rotatable bonds is 10. The molecule has 0 aromatic heterocycles. The van der Waals surface area contributed by atoms with Crippen molar-refractivity contribution in [3.8, 4) is 0 Å². The summed E-state index contributed by atoms with van der Waals surface area (Å²) in [6, 6.07) is 0. The molecule has 0 radical (unpaired) electrons. The highest BCUT2D eigenvalue weighted by Crippen LogP contribution is 2.10. The van der Waals surface area contributed by atoms with Crippen molar-refractivity contribution in [3.05, 3.63) is 0 Å². The Balaban J connectivity index is 0. The van der Waals surface area contributed by atoms with E-state index in [-0.39, 0.29) is 64.5 Å². The van der Waals surface area contributed by atoms with E-state index in [1.54, 1.807) is 83.1 Å². The summed E-state index contributed by atoms with van der Waals surface area (Å²) in [5, 5.41) is 28.8. The molecule has 1 rings (SSSR count). The number of nitrogens with one attached hydrogen (secondary N) is 1. The first-order chi connectivity index (χ1) is 20.2. The van der Waals surface area contributed by atoms with Crippen molar-refractivity contribution >= 4 is 23.9 Å². The van der Waals surface area contributed by atoms with Crippen LogP contribution in [0, 0.1) is 0 Å². The Bertz CT molecular complexity index is 808. The number of nitrogens with zero attached hydrogens (tertiary/aromatic N) is 1. The molecule has 0 spiro atoms. The van der Waals surface area contributed by atoms with E-state index in [1.165, 1.54) is 4.90 Å². The lowest BCUT2D eigenvalue weighted by Gasteiger charge is -2.25. The van der Waals surface area contributed by atoms with Crippen LogP contribution in [0.2, 0.25) is 0 Å². The van der Waals surface area contributed by atoms with Gasteiger partial charge in [-0.05, 0) is 83.1 Å². The van der Waals surface area contributed by atoms with E-state index >= 15 is 0 Å². The van der Waals surface area contributed by atoms with Crippen LogP contribution >= 0.6 is 0 Å². The normalized spacial score (nSPS) is 17.2. The number of esters is 4. The molecule has 1 heterocycles. The smallest absolute Gasteiger partial charge is 0.320 e. The maximum absolute atomic E-state index is 11.7. The molecule has 0 aromatic carbocycles. The van der Waals surface area contributed by atoms with Gasteiger partial charge in [0.25, 0.3) is 0 Å². The minimum Gasteiger partial charge on any atom is -0.459 e. The van der Waals surface area contributed by atoms with Gasteiger partial charge in [-0.15, -0.1) is 0 Å². The van der Waals surface area contributed by atoms with E-state index in [9.17, 15) is 19.2 Å². The molecule has 1 aliphatic heterocycles. The lowest BCUT2D eigenvalue weighted by molar-refractivity contribution is -0.263. The standard InChI is InChI=1S/C14H27NO5.C12H23NO4.C4H8O4/c1-13(2,3)19-11(17)9-15(7-8-16)10-12(18)20-14(4,5)6;1-11(2,3)16-9(14)7-13-8-10(15)17-12(4,5)6;5-3-1-7-4(6)2-8-3/h16H,7-10H2,1-6H3;13H,7-8H2,1-6H3;3-6H,1-2H2. The van der Waals surface area contributed by atoms with Gasteiger partial charge in [0.05, 0.1) is 32.8 Å². The Morgan fingerprint density at radius 1 is 0.622 bits per heavy atom. The predicted molar refractivity (Wildman–Crippen MR) is 164 cm³/mol. The van der Waals surface area contributed by atoms with E-state index in [0.29, 0.717) is 0 Å². The van der Waals surface area contributed by atoms with E-state index in [2.05, 4.69) is 14.8 Å². The van der Waals surface area contributed by atoms with Gasteiger partial charge in [0.1, 0.15) is 35.6 Å². The van der Waals surface area contributed by atoms with Crippen LogP contribution in [0.4, 0.5) is 0 Å². The number of carbonyl (C=O) groups excluding carboxylic acids is 4. The number of carbonyl (C=O) groups is 4. The van der Waals surface area contributed by atoms with Gasteiger partial charge in [0.2, 0.25) is 0 Å². The number of aliphatic hydroxyl groups is 3. The minimum atomic E-state index is -0.863. The first kappa shape index (κ1) is 44.7. The molecule has 15 nitrogen and oxygen atoms in total. The fourth-order valence-electron chi connectivity index (χ4n) is 2.97. The van der Waals surface area contributed by atoms with Crippen LogP contribution in [-0.2, 0) is 47.6 Å². The van der Waals surface area contributed by atoms with Gasteiger partial charge in [-0.1, -0.05) is 0 Å². The highest BCUT2D eigenvalue weighted by molar-refractivity contribution is 5.76. The molecule has 2 atom stereocenters. The van der Waals surface area contributed by atoms with E-state index in [0.717, 1.165) is 0 Å². The highest BCUT2D eigenvalue weighted by Gasteiger charge is 2.23. The third-order valence-electron chi connectivity index (χ3n) is 4.20. The van der Waals surface area contributed by atoms with Gasteiger partial charge >= 0.3 is 23.9 Å². The second-order valence-electron chi connectivity index (χ2n) is 14.0. The summed E-state index contributed by atoms with van der Waals surface area (Å²) in [5.74, 6) is -1.65. The lowest BCUT2D eigenvalue weighted by Crippen LogP contribution is -2.41. The summed E-state index contributed by atoms with van der Waals surface area (Å²) < 4.78 is 29.6. The van der Waals surface area contributed by atoms with Crippen LogP contribution in [0.1, 0.15) is 83.1 Å². The fraction of sp³-hybridized carbons (Fsp3) is 0.867. The maximum Gasteiger partial charge on any atom is 0.320 e. The molecule has 1 saturated heterocycles. The van der Waals surface area contributed by atoms with Gasteiger partial charge in [0.15, 0.2) is 12.6 Å². The quantitative estimate of drug-likeness (QED) is 0.191. The molecule has 266 valence electrons. The average molecular weight is 655 g/mol. The van der Waals surface area contributed by atoms with Crippen LogP contribution in [0.3, 0.4) is 0 Å². The summed E-state index contributed by atoms with van der Waals surface area (Å²) in [4.78, 5) is 47.5. The summed E-state index contributed by atoms with van der Waals surface area (Å²) >= 11 is 0. The van der Waals surface area contributed by atoms with E-state index < -0.39 is 46.9 Å². The molecule has 0 aliphatic carbocycles. The van der Waals surface area contributed by atoms with Crippen molar-refractivity contribution in [3.63, 3.8) is 0 Å². The Labute approximate surface area is 267 Å². The molecule has 0 bridgehead atoms. The molecule has 4 N–H and O–H groups in total. The largest absolute Gasteiger partial charge is 0.459 e. The van der Waals surface area contributed by atoms with Crippen LogP contribution < -0.4 is 5.32 Å². The Hall–Kier alpha value is -2.40. The van der Waals surface area contributed by atoms with Crippen molar-refractivity contribution < 1.29 is 62.9 Å². The monoisotopic (exact) mass is 654 g/mol. The number of hydrogen-bond donors (Lipinski definition) is 4. The molecule has 45 heavy (non-hydrogen) atoms. The summed E-state index contributed by atoms with van der Waals surface area (Å²) in [7, 11) is 0. The second kappa shape index (κ2) is 20.7. The third kappa shape index (κ3) is 32.8. The summed E-state index contributed by atoms with van der Waals surface area (Å²) in [6.07, 6.45) is -1.73. The molecule has 1 fully saturated rings. The van der Waals surface area contributed by atoms with Crippen LogP contribution in [0.25, 0.3) is 0 Å². The SMILES string of the molecule is CC(C)(C)OC(=O)CN(CCO)CC(=O)OC(C)(C)C.CC(C)(C)OC(=O)CNCC(=O)OC(C)(C)C.OC1COC(O)CO1. The molecule has 1 aliphatic rings. The van der Waals surface area contributed by atoms with Crippen molar-refractivity contribution in [1.29, 1.82) is 0 Å². The summed E-state index contributed by atoms with van der Waals surface area (Å²) in [5.41, 5.74) is -2.17. The van der Waals surface area contributed by atoms with Gasteiger partial charge in [-0.2, -0.15) is 0 Å². The molecule has 15 heteroatoms. The van der Waals surface area contributed by atoms with Crippen LogP contribution in [0.15, 0.2) is 0 Å². The van der Waals surface area contributed by atoms with Gasteiger partial charge in [-0.25, -0.2) is 0 Å². The lowest BCUT2D eigenvalue weighted by atomic mass is 10.2. The Morgan fingerprint density at radius 3 is 1.16 bits per heavy atom. The average Bonchev–Trinajstić information content (AvgIpc) is 2.77. The topological polar surface area (TPSA) is 200 Å². The second-order valence-corrected chi connectivity index (χ2v) is 14.0. The van der Waals surface area contributed by atoms with Crippen molar-refractivity contribution in [2.75, 3.05) is 52.5 Å². The number of aliphatic hydroxyl groups excluding tert-OH is 3. The van der Waals surface area contributed by atoms with Gasteiger partial charge in [-0.3, -0.25) is 29.4 Å². The Kier molecular flexibility index (Phi) is 20.5. The van der Waals surface area contributed by atoms with E-state index in [4.69, 9.17) is 34.3 Å². The fourth-order valence-corrected chi connectivity index (χ4v) is 2.97. The molecule has 0 amide bonds. The van der Waals surface area contributed by atoms with Gasteiger partial charge < -0.3 is 43.7 Å². The molecular weight excluding hydrogens is 596 g/mol. The Morgan fingerprint density at radius 2 is 0.911 bits per heavy atom. The van der Waals surface area contributed by atoms with Gasteiger partial charge in [0, 0.05) is 6.54 Å². The predicted octanol–water partition coefficient (Wildman–Crippen LogP) is 0.894. The molecular formula is C30H58N2O13. The summed E-state index contributed by atoms with van der Waals surface area (Å²) in [6.45, 7) is 21.4. The zero-order valence-corrected chi connectivity index (χ0v) is 29.2. The van der Waals surface area contributed by atoms with Crippen molar-refractivity contribution in [2.24, 2.45) is 0 Å². The van der Waals surface area contributed by atoms with Crippen LogP contribution in [-0.4, -0.2) is 132 Å². The van der Waals surface area contributed by atoms with E-state index in [1.807, 2.05) is 0 Å². The molecule has 2 unspecified atom stereocenters. The number of ether oxygens (including phenoxy) is 6. The number of hydrogen-bond acceptors (Lipinski definition) is 15.